The highest BCUT2D eigenvalue weighted by molar-refractivity contribution is 5.52. The molecular weight excluding hydrogens is 260 g/mol. The highest BCUT2D eigenvalue weighted by atomic mass is 15.1. The predicted octanol–water partition coefficient (Wildman–Crippen LogP) is 2.75. The van der Waals surface area contributed by atoms with Crippen molar-refractivity contribution in [2.75, 3.05) is 38.6 Å². The van der Waals surface area contributed by atoms with Crippen LogP contribution in [0.25, 0.3) is 0 Å². The summed E-state index contributed by atoms with van der Waals surface area (Å²) in [5.74, 6) is 0. The Bertz CT molecular complexity index is 409. The molecule has 0 spiro atoms. The number of anilines is 1. The molecule has 0 fully saturated rings. The first kappa shape index (κ1) is 17.9. The van der Waals surface area contributed by atoms with Crippen LogP contribution in [0.3, 0.4) is 0 Å². The molecule has 1 rings (SSSR count). The molecule has 4 nitrogen and oxygen atoms in total. The van der Waals surface area contributed by atoms with Crippen LogP contribution in [0.1, 0.15) is 39.7 Å². The maximum Gasteiger partial charge on any atom is 0.0442 e. The number of nitrogens with one attached hydrogen (secondary N) is 1. The molecule has 1 heterocycles. The van der Waals surface area contributed by atoms with Crippen molar-refractivity contribution in [1.82, 2.24) is 15.2 Å². The van der Waals surface area contributed by atoms with Crippen molar-refractivity contribution in [3.8, 4) is 0 Å². The zero-order chi connectivity index (χ0) is 15.9. The molecule has 0 saturated heterocycles. The summed E-state index contributed by atoms with van der Waals surface area (Å²) < 4.78 is 0. The topological polar surface area (TPSA) is 31.4 Å². The maximum absolute atomic E-state index is 4.30. The summed E-state index contributed by atoms with van der Waals surface area (Å²) in [7, 11) is 4.25. The van der Waals surface area contributed by atoms with E-state index >= 15 is 0 Å². The largest absolute Gasteiger partial charge is 0.371 e. The number of aromatic nitrogens is 1. The molecule has 0 aliphatic carbocycles. The fourth-order valence-corrected chi connectivity index (χ4v) is 2.25. The summed E-state index contributed by atoms with van der Waals surface area (Å²) in [6, 6.07) is 2.14. The summed E-state index contributed by atoms with van der Waals surface area (Å²) in [4.78, 5) is 8.98. The van der Waals surface area contributed by atoms with Crippen molar-refractivity contribution >= 4 is 5.69 Å². The fraction of sp³-hybridized carbons (Fsp3) is 0.706. The standard InChI is InChI=1S/C17H32N4/c1-7-21(12-8-11-20(5)6)16-9-10-18-13-15(16)14-19-17(2,3)4/h9-10,13,19H,7-8,11-12,14H2,1-6H3. The Morgan fingerprint density at radius 1 is 1.19 bits per heavy atom. The Kier molecular flexibility index (Phi) is 7.12. The zero-order valence-corrected chi connectivity index (χ0v) is 14.6. The second-order valence-corrected chi connectivity index (χ2v) is 6.84. The van der Waals surface area contributed by atoms with Gasteiger partial charge in [0.05, 0.1) is 0 Å². The molecule has 1 aromatic heterocycles. The number of hydrogen-bond donors (Lipinski definition) is 1. The van der Waals surface area contributed by atoms with Crippen LogP contribution < -0.4 is 10.2 Å². The number of hydrogen-bond acceptors (Lipinski definition) is 4. The van der Waals surface area contributed by atoms with Crippen molar-refractivity contribution in [2.24, 2.45) is 0 Å². The fourth-order valence-electron chi connectivity index (χ4n) is 2.25. The lowest BCUT2D eigenvalue weighted by molar-refractivity contribution is 0.400. The van der Waals surface area contributed by atoms with Crippen LogP contribution in [0.15, 0.2) is 18.5 Å². The van der Waals surface area contributed by atoms with E-state index in [4.69, 9.17) is 0 Å². The summed E-state index contributed by atoms with van der Waals surface area (Å²) in [5.41, 5.74) is 2.71. The minimum atomic E-state index is 0.120. The first-order valence-corrected chi connectivity index (χ1v) is 7.91. The average Bonchev–Trinajstić information content (AvgIpc) is 2.41. The highest BCUT2D eigenvalue weighted by Crippen LogP contribution is 2.20. The summed E-state index contributed by atoms with van der Waals surface area (Å²) in [6.45, 7) is 12.9. The smallest absolute Gasteiger partial charge is 0.0442 e. The van der Waals surface area contributed by atoms with Crippen LogP contribution in [-0.4, -0.2) is 49.2 Å². The molecule has 21 heavy (non-hydrogen) atoms. The Labute approximate surface area is 130 Å². The normalized spacial score (nSPS) is 12.0. The maximum atomic E-state index is 4.30. The Balaban J connectivity index is 2.74. The van der Waals surface area contributed by atoms with Gasteiger partial charge in [-0.25, -0.2) is 0 Å². The second-order valence-electron chi connectivity index (χ2n) is 6.84. The van der Waals surface area contributed by atoms with Gasteiger partial charge >= 0.3 is 0 Å². The van der Waals surface area contributed by atoms with E-state index in [-0.39, 0.29) is 5.54 Å². The molecule has 120 valence electrons. The van der Waals surface area contributed by atoms with Crippen molar-refractivity contribution in [2.45, 2.75) is 46.2 Å². The van der Waals surface area contributed by atoms with Crippen LogP contribution in [0, 0.1) is 0 Å². The summed E-state index contributed by atoms with van der Waals surface area (Å²) in [5, 5.41) is 3.56. The van der Waals surface area contributed by atoms with Gasteiger partial charge in [0.1, 0.15) is 0 Å². The van der Waals surface area contributed by atoms with Gasteiger partial charge in [0.25, 0.3) is 0 Å². The molecule has 1 N–H and O–H groups in total. The minimum Gasteiger partial charge on any atom is -0.371 e. The van der Waals surface area contributed by atoms with Gasteiger partial charge in [-0.1, -0.05) is 0 Å². The molecule has 0 aliphatic heterocycles. The van der Waals surface area contributed by atoms with E-state index in [1.54, 1.807) is 0 Å². The molecule has 0 aromatic carbocycles. The summed E-state index contributed by atoms with van der Waals surface area (Å²) >= 11 is 0. The van der Waals surface area contributed by atoms with E-state index in [0.29, 0.717) is 0 Å². The third-order valence-corrected chi connectivity index (χ3v) is 3.44. The van der Waals surface area contributed by atoms with Gasteiger partial charge in [0.2, 0.25) is 0 Å². The molecular formula is C17H32N4. The van der Waals surface area contributed by atoms with Crippen LogP contribution in [0.4, 0.5) is 5.69 Å². The predicted molar refractivity (Wildman–Crippen MR) is 91.9 cm³/mol. The number of pyridine rings is 1. The third-order valence-electron chi connectivity index (χ3n) is 3.44. The number of rotatable bonds is 8. The van der Waals surface area contributed by atoms with Gasteiger partial charge in [-0.3, -0.25) is 4.98 Å². The van der Waals surface area contributed by atoms with Crippen molar-refractivity contribution < 1.29 is 0 Å². The quantitative estimate of drug-likeness (QED) is 0.798. The van der Waals surface area contributed by atoms with Gasteiger partial charge in [-0.05, 0) is 60.8 Å². The van der Waals surface area contributed by atoms with Crippen molar-refractivity contribution in [3.05, 3.63) is 24.0 Å². The zero-order valence-electron chi connectivity index (χ0n) is 14.6. The van der Waals surface area contributed by atoms with Crippen LogP contribution >= 0.6 is 0 Å². The molecule has 0 bridgehead atoms. The molecule has 4 heteroatoms. The third kappa shape index (κ3) is 6.91. The van der Waals surface area contributed by atoms with E-state index in [1.165, 1.54) is 17.7 Å². The van der Waals surface area contributed by atoms with Gasteiger partial charge in [-0.2, -0.15) is 0 Å². The van der Waals surface area contributed by atoms with Gasteiger partial charge < -0.3 is 15.1 Å². The Morgan fingerprint density at radius 3 is 2.48 bits per heavy atom. The lowest BCUT2D eigenvalue weighted by Gasteiger charge is -2.28. The van der Waals surface area contributed by atoms with Crippen molar-refractivity contribution in [3.63, 3.8) is 0 Å². The molecule has 0 amide bonds. The first-order valence-electron chi connectivity index (χ1n) is 7.91. The molecule has 0 saturated carbocycles. The van der Waals surface area contributed by atoms with E-state index in [2.05, 4.69) is 68.0 Å². The first-order chi connectivity index (χ1) is 9.83. The molecule has 0 radical (unpaired) electrons. The molecule has 1 aromatic rings. The number of nitrogens with zero attached hydrogens (tertiary/aromatic N) is 3. The molecule has 0 aliphatic rings. The van der Waals surface area contributed by atoms with Crippen LogP contribution in [0.2, 0.25) is 0 Å². The van der Waals surface area contributed by atoms with Crippen LogP contribution in [0.5, 0.6) is 0 Å². The van der Waals surface area contributed by atoms with Crippen molar-refractivity contribution in [1.29, 1.82) is 0 Å². The Morgan fingerprint density at radius 2 is 1.90 bits per heavy atom. The van der Waals surface area contributed by atoms with E-state index in [9.17, 15) is 0 Å². The van der Waals surface area contributed by atoms with Gasteiger partial charge in [0, 0.05) is 48.8 Å². The average molecular weight is 292 g/mol. The van der Waals surface area contributed by atoms with Gasteiger partial charge in [-0.15, -0.1) is 0 Å². The molecule has 0 unspecified atom stereocenters. The second kappa shape index (κ2) is 8.35. The van der Waals surface area contributed by atoms with E-state index in [0.717, 1.165) is 26.2 Å². The van der Waals surface area contributed by atoms with Crippen LogP contribution in [-0.2, 0) is 6.54 Å². The van der Waals surface area contributed by atoms with E-state index in [1.807, 2.05) is 12.4 Å². The lowest BCUT2D eigenvalue weighted by Crippen LogP contribution is -2.36. The monoisotopic (exact) mass is 292 g/mol. The Hall–Kier alpha value is -1.13. The minimum absolute atomic E-state index is 0.120. The van der Waals surface area contributed by atoms with Gasteiger partial charge in [0.15, 0.2) is 0 Å². The highest BCUT2D eigenvalue weighted by Gasteiger charge is 2.13. The molecule has 0 atom stereocenters. The SMILES string of the molecule is CCN(CCCN(C)C)c1ccncc1CNC(C)(C)C. The summed E-state index contributed by atoms with van der Waals surface area (Å²) in [6.07, 6.45) is 5.06. The lowest BCUT2D eigenvalue weighted by atomic mass is 10.1. The van der Waals surface area contributed by atoms with E-state index < -0.39 is 0 Å².